The summed E-state index contributed by atoms with van der Waals surface area (Å²) in [6.07, 6.45) is 3.43. The molecule has 5 rings (SSSR count). The van der Waals surface area contributed by atoms with Gasteiger partial charge in [-0.1, -0.05) is 66.7 Å². The number of carbonyl (C=O) groups excluding carboxylic acids is 1. The first-order valence-electron chi connectivity index (χ1n) is 14.4. The number of rotatable bonds is 9. The number of carbonyl (C=O) groups is 2. The highest BCUT2D eigenvalue weighted by Gasteiger charge is 2.36. The van der Waals surface area contributed by atoms with Gasteiger partial charge in [-0.2, -0.15) is 0 Å². The van der Waals surface area contributed by atoms with Crippen LogP contribution >= 0.6 is 0 Å². The predicted molar refractivity (Wildman–Crippen MR) is 157 cm³/mol. The third-order valence-electron chi connectivity index (χ3n) is 8.38. The number of hydrogen-bond donors (Lipinski definition) is 1. The summed E-state index contributed by atoms with van der Waals surface area (Å²) in [5, 5.41) is 8.86. The van der Waals surface area contributed by atoms with E-state index in [1.165, 1.54) is 0 Å². The van der Waals surface area contributed by atoms with Crippen molar-refractivity contribution in [2.45, 2.75) is 49.5 Å². The highest BCUT2D eigenvalue weighted by Crippen LogP contribution is 2.35. The molecule has 8 heteroatoms. The second kappa shape index (κ2) is 13.0. The topological polar surface area (TPSA) is 101 Å². The highest BCUT2D eigenvalue weighted by molar-refractivity contribution is 7.91. The predicted octanol–water partition coefficient (Wildman–Crippen LogP) is 5.55. The molecule has 0 radical (unpaired) electrons. The monoisotopic (exact) mass is 575 g/mol. The molecule has 41 heavy (non-hydrogen) atoms. The number of ether oxygens (including phenoxy) is 1. The SMILES string of the molecule is O=C(O)CCc1ccc(-c2ccc(S(=O)(=O)CC3CCC(C(=O)N4CCOCC4c4ccccc4)CC3)cc2)cc1. The van der Waals surface area contributed by atoms with E-state index < -0.39 is 15.8 Å². The third kappa shape index (κ3) is 7.24. The lowest BCUT2D eigenvalue weighted by atomic mass is 9.82. The van der Waals surface area contributed by atoms with Gasteiger partial charge in [0, 0.05) is 18.9 Å². The molecule has 2 fully saturated rings. The molecule has 1 aliphatic carbocycles. The summed E-state index contributed by atoms with van der Waals surface area (Å²) < 4.78 is 32.2. The zero-order valence-electron chi connectivity index (χ0n) is 23.2. The normalized spacial score (nSPS) is 21.4. The second-order valence-electron chi connectivity index (χ2n) is 11.1. The molecular formula is C33H37NO6S. The molecule has 3 aromatic rings. The van der Waals surface area contributed by atoms with E-state index in [9.17, 15) is 18.0 Å². The van der Waals surface area contributed by atoms with Crippen molar-refractivity contribution in [1.29, 1.82) is 0 Å². The molecule has 216 valence electrons. The van der Waals surface area contributed by atoms with Crippen molar-refractivity contribution >= 4 is 21.7 Å². The van der Waals surface area contributed by atoms with Crippen LogP contribution in [-0.2, 0) is 30.6 Å². The zero-order chi connectivity index (χ0) is 28.8. The van der Waals surface area contributed by atoms with E-state index >= 15 is 0 Å². The van der Waals surface area contributed by atoms with E-state index in [0.717, 1.165) is 35.1 Å². The molecule has 0 bridgehead atoms. The van der Waals surface area contributed by atoms with Crippen LogP contribution in [0.2, 0.25) is 0 Å². The number of aryl methyl sites for hydroxylation is 1. The molecule has 1 atom stereocenters. The van der Waals surface area contributed by atoms with Crippen molar-refractivity contribution in [1.82, 2.24) is 4.90 Å². The molecule has 1 saturated heterocycles. The quantitative estimate of drug-likeness (QED) is 0.359. The number of carboxylic acid groups (broad SMARTS) is 1. The highest BCUT2D eigenvalue weighted by atomic mass is 32.2. The van der Waals surface area contributed by atoms with Gasteiger partial charge in [0.1, 0.15) is 0 Å². The summed E-state index contributed by atoms with van der Waals surface area (Å²) in [6, 6.07) is 24.6. The van der Waals surface area contributed by atoms with Crippen molar-refractivity contribution in [2.24, 2.45) is 11.8 Å². The molecule has 1 N–H and O–H groups in total. The number of hydrogen-bond acceptors (Lipinski definition) is 5. The first kappa shape index (κ1) is 29.0. The van der Waals surface area contributed by atoms with Crippen molar-refractivity contribution in [2.75, 3.05) is 25.5 Å². The molecule has 3 aromatic carbocycles. The summed E-state index contributed by atoms with van der Waals surface area (Å²) in [5.41, 5.74) is 3.89. The largest absolute Gasteiger partial charge is 0.481 e. The van der Waals surface area contributed by atoms with Gasteiger partial charge in [-0.3, -0.25) is 9.59 Å². The maximum atomic E-state index is 13.5. The summed E-state index contributed by atoms with van der Waals surface area (Å²) in [4.78, 5) is 26.6. The molecule has 1 aliphatic heterocycles. The number of benzene rings is 3. The van der Waals surface area contributed by atoms with E-state index in [1.807, 2.05) is 71.6 Å². The smallest absolute Gasteiger partial charge is 0.303 e. The fourth-order valence-electron chi connectivity index (χ4n) is 6.01. The average molecular weight is 576 g/mol. The fraction of sp³-hybridized carbons (Fsp3) is 0.394. The zero-order valence-corrected chi connectivity index (χ0v) is 24.0. The molecule has 1 amide bonds. The third-order valence-corrected chi connectivity index (χ3v) is 10.3. The van der Waals surface area contributed by atoms with Gasteiger partial charge < -0.3 is 14.7 Å². The number of nitrogens with zero attached hydrogens (tertiary/aromatic N) is 1. The van der Waals surface area contributed by atoms with Crippen LogP contribution in [-0.4, -0.2) is 55.8 Å². The lowest BCUT2D eigenvalue weighted by Crippen LogP contribution is -2.46. The van der Waals surface area contributed by atoms with Gasteiger partial charge in [0.2, 0.25) is 5.91 Å². The number of carboxylic acids is 1. The average Bonchev–Trinajstić information content (AvgIpc) is 3.00. The van der Waals surface area contributed by atoms with Crippen molar-refractivity contribution in [3.63, 3.8) is 0 Å². The first-order valence-corrected chi connectivity index (χ1v) is 16.0. The van der Waals surface area contributed by atoms with Gasteiger partial charge in [0.05, 0.1) is 29.9 Å². The lowest BCUT2D eigenvalue weighted by Gasteiger charge is -2.39. The van der Waals surface area contributed by atoms with Gasteiger partial charge in [-0.05, 0) is 72.4 Å². The Morgan fingerprint density at radius 2 is 1.49 bits per heavy atom. The maximum Gasteiger partial charge on any atom is 0.303 e. The Hall–Kier alpha value is -3.49. The van der Waals surface area contributed by atoms with Crippen LogP contribution in [0.4, 0.5) is 0 Å². The van der Waals surface area contributed by atoms with Crippen LogP contribution in [0.1, 0.15) is 49.3 Å². The van der Waals surface area contributed by atoms with E-state index in [4.69, 9.17) is 9.84 Å². The first-order chi connectivity index (χ1) is 19.8. The van der Waals surface area contributed by atoms with Gasteiger partial charge in [-0.15, -0.1) is 0 Å². The number of morpholine rings is 1. The Morgan fingerprint density at radius 1 is 0.854 bits per heavy atom. The van der Waals surface area contributed by atoms with E-state index in [-0.39, 0.29) is 36.0 Å². The second-order valence-corrected chi connectivity index (χ2v) is 13.2. The molecule has 0 spiro atoms. The molecular weight excluding hydrogens is 538 g/mol. The minimum absolute atomic E-state index is 0.0386. The minimum atomic E-state index is -3.45. The standard InChI is InChI=1S/C33H37NO6S/c35-32(36)19-10-24-6-11-26(12-7-24)27-15-17-30(18-16-27)41(38,39)23-25-8-13-29(14-9-25)33(37)34-20-21-40-22-31(34)28-4-2-1-3-5-28/h1-7,11-12,15-18,25,29,31H,8-10,13-14,19-23H2,(H,35,36). The van der Waals surface area contributed by atoms with E-state index in [0.29, 0.717) is 43.9 Å². The number of aliphatic carboxylic acids is 1. The lowest BCUT2D eigenvalue weighted by molar-refractivity contribution is -0.146. The number of sulfone groups is 1. The van der Waals surface area contributed by atoms with E-state index in [2.05, 4.69) is 0 Å². The Morgan fingerprint density at radius 3 is 2.12 bits per heavy atom. The fourth-order valence-corrected chi connectivity index (χ4v) is 7.70. The summed E-state index contributed by atoms with van der Waals surface area (Å²) in [7, 11) is -3.45. The van der Waals surface area contributed by atoms with Crippen LogP contribution in [0, 0.1) is 11.8 Å². The number of amides is 1. The van der Waals surface area contributed by atoms with Gasteiger partial charge >= 0.3 is 5.97 Å². The van der Waals surface area contributed by atoms with Gasteiger partial charge in [0.25, 0.3) is 0 Å². The molecule has 1 unspecified atom stereocenters. The van der Waals surface area contributed by atoms with E-state index in [1.54, 1.807) is 12.1 Å². The maximum absolute atomic E-state index is 13.5. The summed E-state index contributed by atoms with van der Waals surface area (Å²) in [5.74, 6) is -0.605. The molecule has 1 saturated carbocycles. The van der Waals surface area contributed by atoms with Crippen molar-refractivity contribution in [3.8, 4) is 11.1 Å². The van der Waals surface area contributed by atoms with Crippen LogP contribution in [0.25, 0.3) is 11.1 Å². The Bertz CT molecular complexity index is 1430. The Labute approximate surface area is 242 Å². The van der Waals surface area contributed by atoms with Crippen LogP contribution < -0.4 is 0 Å². The van der Waals surface area contributed by atoms with Crippen molar-refractivity contribution in [3.05, 3.63) is 90.0 Å². The molecule has 0 aromatic heterocycles. The van der Waals surface area contributed by atoms with Crippen LogP contribution in [0.3, 0.4) is 0 Å². The minimum Gasteiger partial charge on any atom is -0.481 e. The van der Waals surface area contributed by atoms with Crippen molar-refractivity contribution < 1.29 is 27.9 Å². The Balaban J connectivity index is 1.16. The Kier molecular flexibility index (Phi) is 9.20. The summed E-state index contributed by atoms with van der Waals surface area (Å²) >= 11 is 0. The van der Waals surface area contributed by atoms with Crippen LogP contribution in [0.15, 0.2) is 83.8 Å². The molecule has 2 aliphatic rings. The van der Waals surface area contributed by atoms with Gasteiger partial charge in [0.15, 0.2) is 9.84 Å². The summed E-state index contributed by atoms with van der Waals surface area (Å²) in [6.45, 7) is 1.62. The van der Waals surface area contributed by atoms with Gasteiger partial charge in [-0.25, -0.2) is 8.42 Å². The molecule has 7 nitrogen and oxygen atoms in total. The van der Waals surface area contributed by atoms with Crippen LogP contribution in [0.5, 0.6) is 0 Å². The molecule has 1 heterocycles.